The molecular weight excluding hydrogens is 441 g/mol. The number of carbonyl (C=O) groups is 1. The summed E-state index contributed by atoms with van der Waals surface area (Å²) in [5, 5.41) is 0. The molecule has 172 valence electrons. The third-order valence-electron chi connectivity index (χ3n) is 5.00. The van der Waals surface area contributed by atoms with Gasteiger partial charge in [-0.05, 0) is 24.6 Å². The molecule has 0 saturated carbocycles. The largest absolute Gasteiger partial charge is 0.491 e. The second-order valence-corrected chi connectivity index (χ2v) is 7.26. The van der Waals surface area contributed by atoms with Gasteiger partial charge in [0.25, 0.3) is 11.8 Å². The van der Waals surface area contributed by atoms with Crippen LogP contribution in [0.4, 0.5) is 18.9 Å². The van der Waals surface area contributed by atoms with Crippen molar-refractivity contribution in [3.05, 3.63) is 53.6 Å². The molecule has 4 heterocycles. The Morgan fingerprint density at radius 1 is 1.09 bits per heavy atom. The van der Waals surface area contributed by atoms with E-state index < -0.39 is 12.8 Å². The van der Waals surface area contributed by atoms with E-state index >= 15 is 0 Å². The fourth-order valence-electron chi connectivity index (χ4n) is 3.53. The fourth-order valence-corrected chi connectivity index (χ4v) is 3.53. The molecule has 11 heteroatoms. The van der Waals surface area contributed by atoms with Crippen LogP contribution < -0.4 is 19.1 Å². The number of anilines is 1. The molecule has 1 aliphatic rings. The second kappa shape index (κ2) is 8.57. The van der Waals surface area contributed by atoms with Gasteiger partial charge in [-0.2, -0.15) is 13.2 Å². The van der Waals surface area contributed by atoms with Crippen molar-refractivity contribution in [2.45, 2.75) is 19.6 Å². The Hall–Kier alpha value is -3.89. The number of rotatable bonds is 6. The number of halogens is 3. The average molecular weight is 460 g/mol. The van der Waals surface area contributed by atoms with Crippen LogP contribution in [0.15, 0.2) is 36.8 Å². The van der Waals surface area contributed by atoms with E-state index in [1.165, 1.54) is 31.4 Å². The zero-order valence-corrected chi connectivity index (χ0v) is 17.9. The van der Waals surface area contributed by atoms with Crippen molar-refractivity contribution in [2.75, 3.05) is 25.7 Å². The first-order valence-electron chi connectivity index (χ1n) is 9.75. The van der Waals surface area contributed by atoms with Gasteiger partial charge in [-0.25, -0.2) is 4.98 Å². The number of aryl methyl sites for hydroxylation is 1. The molecule has 0 unspecified atom stereocenters. The highest BCUT2D eigenvalue weighted by Gasteiger charge is 2.33. The molecule has 0 fully saturated rings. The van der Waals surface area contributed by atoms with Gasteiger partial charge in [-0.1, -0.05) is 0 Å². The number of amides is 1. The molecule has 8 nitrogen and oxygen atoms in total. The number of pyridine rings is 3. The summed E-state index contributed by atoms with van der Waals surface area (Å²) >= 11 is 0. The summed E-state index contributed by atoms with van der Waals surface area (Å²) in [6.45, 7) is 0.477. The number of nitrogens with zero attached hydrogens (tertiary/aromatic N) is 4. The lowest BCUT2D eigenvalue weighted by atomic mass is 10.0. The molecule has 0 saturated heterocycles. The van der Waals surface area contributed by atoms with Crippen molar-refractivity contribution < 1.29 is 32.2 Å². The molecule has 0 atom stereocenters. The molecule has 3 aromatic heterocycles. The van der Waals surface area contributed by atoms with Crippen molar-refractivity contribution in [3.8, 4) is 28.6 Å². The Labute approximate surface area is 187 Å². The number of alkyl halides is 3. The van der Waals surface area contributed by atoms with E-state index in [0.717, 1.165) is 6.20 Å². The fraction of sp³-hybridized carbons (Fsp3) is 0.273. The predicted molar refractivity (Wildman–Crippen MR) is 112 cm³/mol. The molecule has 0 aromatic carbocycles. The van der Waals surface area contributed by atoms with Crippen molar-refractivity contribution >= 4 is 11.6 Å². The van der Waals surface area contributed by atoms with E-state index in [2.05, 4.69) is 15.0 Å². The average Bonchev–Trinajstić information content (AvgIpc) is 3.13. The van der Waals surface area contributed by atoms with Crippen molar-refractivity contribution in [3.63, 3.8) is 0 Å². The van der Waals surface area contributed by atoms with Crippen LogP contribution in [0.1, 0.15) is 21.6 Å². The number of fused-ring (bicyclic) bond motifs is 1. The summed E-state index contributed by atoms with van der Waals surface area (Å²) in [5.74, 6) is 0.368. The summed E-state index contributed by atoms with van der Waals surface area (Å²) in [5.41, 5.74) is 3.25. The van der Waals surface area contributed by atoms with Gasteiger partial charge in [-0.3, -0.25) is 14.8 Å². The van der Waals surface area contributed by atoms with E-state index in [0.29, 0.717) is 45.4 Å². The molecule has 0 N–H and O–H groups in total. The van der Waals surface area contributed by atoms with Crippen molar-refractivity contribution in [1.82, 2.24) is 15.0 Å². The van der Waals surface area contributed by atoms with Gasteiger partial charge in [0, 0.05) is 17.8 Å². The smallest absolute Gasteiger partial charge is 0.422 e. The molecule has 0 aliphatic carbocycles. The summed E-state index contributed by atoms with van der Waals surface area (Å²) in [6.07, 6.45) is -0.338. The van der Waals surface area contributed by atoms with Gasteiger partial charge in [0.2, 0.25) is 0 Å². The molecule has 0 radical (unpaired) electrons. The zero-order chi connectivity index (χ0) is 23.8. The Kier molecular flexibility index (Phi) is 5.79. The molecule has 0 spiro atoms. The monoisotopic (exact) mass is 460 g/mol. The van der Waals surface area contributed by atoms with Gasteiger partial charge in [-0.15, -0.1) is 0 Å². The summed E-state index contributed by atoms with van der Waals surface area (Å²) < 4.78 is 52.6. The highest BCUT2D eigenvalue weighted by Crippen LogP contribution is 2.34. The molecule has 33 heavy (non-hydrogen) atoms. The van der Waals surface area contributed by atoms with Crippen LogP contribution in [-0.2, 0) is 6.54 Å². The normalized spacial score (nSPS) is 13.2. The van der Waals surface area contributed by atoms with Gasteiger partial charge >= 0.3 is 6.18 Å². The first-order chi connectivity index (χ1) is 15.7. The Morgan fingerprint density at radius 2 is 1.88 bits per heavy atom. The third-order valence-corrected chi connectivity index (χ3v) is 5.00. The van der Waals surface area contributed by atoms with E-state index in [4.69, 9.17) is 14.2 Å². The Bertz CT molecular complexity index is 1220. The van der Waals surface area contributed by atoms with Gasteiger partial charge in [0.05, 0.1) is 55.8 Å². The Morgan fingerprint density at radius 3 is 2.58 bits per heavy atom. The zero-order valence-electron chi connectivity index (χ0n) is 17.9. The maximum atomic E-state index is 13.1. The highest BCUT2D eigenvalue weighted by atomic mass is 19.4. The number of hydrogen-bond acceptors (Lipinski definition) is 7. The Balaban J connectivity index is 1.64. The maximum absolute atomic E-state index is 13.1. The minimum absolute atomic E-state index is 0.0876. The van der Waals surface area contributed by atoms with Crippen molar-refractivity contribution in [1.29, 1.82) is 0 Å². The van der Waals surface area contributed by atoms with E-state index in [1.54, 1.807) is 25.3 Å². The number of carbonyl (C=O) groups excluding carboxylic acids is 1. The van der Waals surface area contributed by atoms with Crippen LogP contribution >= 0.6 is 0 Å². The summed E-state index contributed by atoms with van der Waals surface area (Å²) in [7, 11) is 2.99. The van der Waals surface area contributed by atoms with Crippen molar-refractivity contribution in [2.24, 2.45) is 0 Å². The first kappa shape index (κ1) is 22.3. The van der Waals surface area contributed by atoms with Gasteiger partial charge < -0.3 is 19.1 Å². The van der Waals surface area contributed by atoms with Crippen LogP contribution in [0.25, 0.3) is 11.3 Å². The lowest BCUT2D eigenvalue weighted by Crippen LogP contribution is -2.24. The summed E-state index contributed by atoms with van der Waals surface area (Å²) in [4.78, 5) is 27.2. The standard InChI is InChI=1S/C22H19F3N4O4/c1-12-4-16(13-5-18(31-2)20(32-3)27-7-13)28-17-10-29(21(30)19(12)17)14-6-15(9-26-8-14)33-11-22(23,24)25/h4-9H,10-11H2,1-3H3. The van der Waals surface area contributed by atoms with Crippen LogP contribution in [0.2, 0.25) is 0 Å². The lowest BCUT2D eigenvalue weighted by Gasteiger charge is -2.16. The quantitative estimate of drug-likeness (QED) is 0.550. The topological polar surface area (TPSA) is 86.7 Å². The second-order valence-electron chi connectivity index (χ2n) is 7.26. The molecular formula is C22H19F3N4O4. The minimum Gasteiger partial charge on any atom is -0.491 e. The molecule has 1 aliphatic heterocycles. The van der Waals surface area contributed by atoms with E-state index in [-0.39, 0.29) is 18.2 Å². The molecule has 1 amide bonds. The molecule has 4 rings (SSSR count). The van der Waals surface area contributed by atoms with Crippen LogP contribution in [0.5, 0.6) is 17.4 Å². The minimum atomic E-state index is -4.48. The number of methoxy groups -OCH3 is 2. The predicted octanol–water partition coefficient (Wildman–Crippen LogP) is 3.97. The SMILES string of the molecule is COc1cc(-c2cc(C)c3c(n2)CN(c2cncc(OCC(F)(F)F)c2)C3=O)cnc1OC. The van der Waals surface area contributed by atoms with Crippen LogP contribution in [-0.4, -0.2) is 47.9 Å². The highest BCUT2D eigenvalue weighted by molar-refractivity contribution is 6.10. The van der Waals surface area contributed by atoms with E-state index in [1.807, 2.05) is 0 Å². The van der Waals surface area contributed by atoms with E-state index in [9.17, 15) is 18.0 Å². The first-order valence-corrected chi connectivity index (χ1v) is 9.75. The van der Waals surface area contributed by atoms with Crippen LogP contribution in [0.3, 0.4) is 0 Å². The lowest BCUT2D eigenvalue weighted by molar-refractivity contribution is -0.153. The molecule has 0 bridgehead atoms. The number of aromatic nitrogens is 3. The summed E-state index contributed by atoms with van der Waals surface area (Å²) in [6, 6.07) is 4.85. The van der Waals surface area contributed by atoms with Crippen LogP contribution in [0, 0.1) is 6.92 Å². The maximum Gasteiger partial charge on any atom is 0.422 e. The van der Waals surface area contributed by atoms with Gasteiger partial charge in [0.15, 0.2) is 12.4 Å². The molecule has 3 aromatic rings. The third kappa shape index (κ3) is 4.52. The number of hydrogen-bond donors (Lipinski definition) is 0. The van der Waals surface area contributed by atoms with Gasteiger partial charge in [0.1, 0.15) is 5.75 Å². The number of ether oxygens (including phenoxy) is 3.